The standard InChI is InChI=1S/C21H24F3N3/c22-21(23,24)17-7-3-5-15(13-17)19-20(26-11-10-25-19)16-6-4-12-27(14-16)18-8-1-2-9-18/h3,5,7,10-11,13,16,18H,1-2,4,6,8-9,12,14H2. The van der Waals surface area contributed by atoms with E-state index in [4.69, 9.17) is 0 Å². The molecule has 0 amide bonds. The predicted octanol–water partition coefficient (Wildman–Crippen LogP) is 5.28. The van der Waals surface area contributed by atoms with Crippen LogP contribution in [0.3, 0.4) is 0 Å². The maximum absolute atomic E-state index is 13.1. The monoisotopic (exact) mass is 375 g/mol. The topological polar surface area (TPSA) is 29.0 Å². The Morgan fingerprint density at radius 1 is 0.963 bits per heavy atom. The van der Waals surface area contributed by atoms with Gasteiger partial charge in [0.15, 0.2) is 0 Å². The van der Waals surface area contributed by atoms with E-state index >= 15 is 0 Å². The van der Waals surface area contributed by atoms with Crippen LogP contribution < -0.4 is 0 Å². The van der Waals surface area contributed by atoms with Gasteiger partial charge in [0.25, 0.3) is 0 Å². The van der Waals surface area contributed by atoms with Crippen LogP contribution in [0.25, 0.3) is 11.3 Å². The van der Waals surface area contributed by atoms with Crippen molar-refractivity contribution < 1.29 is 13.2 Å². The molecule has 1 saturated heterocycles. The van der Waals surface area contributed by atoms with Crippen molar-refractivity contribution >= 4 is 0 Å². The highest BCUT2D eigenvalue weighted by atomic mass is 19.4. The highest BCUT2D eigenvalue weighted by molar-refractivity contribution is 5.63. The molecule has 0 N–H and O–H groups in total. The maximum Gasteiger partial charge on any atom is 0.416 e. The van der Waals surface area contributed by atoms with Gasteiger partial charge in [-0.2, -0.15) is 13.2 Å². The molecule has 0 radical (unpaired) electrons. The molecule has 2 aromatic rings. The Kier molecular flexibility index (Phi) is 5.17. The second-order valence-electron chi connectivity index (χ2n) is 7.64. The first-order valence-corrected chi connectivity index (χ1v) is 9.75. The Hall–Kier alpha value is -1.95. The lowest BCUT2D eigenvalue weighted by Crippen LogP contribution is -2.41. The first kappa shape index (κ1) is 18.4. The molecule has 27 heavy (non-hydrogen) atoms. The molecule has 2 heterocycles. The third-order valence-corrected chi connectivity index (χ3v) is 5.87. The van der Waals surface area contributed by atoms with Crippen molar-refractivity contribution in [2.75, 3.05) is 13.1 Å². The number of alkyl halides is 3. The molecule has 0 bridgehead atoms. The predicted molar refractivity (Wildman–Crippen MR) is 98.3 cm³/mol. The Morgan fingerprint density at radius 3 is 2.52 bits per heavy atom. The minimum atomic E-state index is -4.36. The van der Waals surface area contributed by atoms with E-state index in [9.17, 15) is 13.2 Å². The minimum Gasteiger partial charge on any atom is -0.300 e. The van der Waals surface area contributed by atoms with Gasteiger partial charge < -0.3 is 0 Å². The van der Waals surface area contributed by atoms with Gasteiger partial charge in [-0.3, -0.25) is 14.9 Å². The van der Waals surface area contributed by atoms with Gasteiger partial charge in [-0.1, -0.05) is 25.0 Å². The van der Waals surface area contributed by atoms with E-state index in [0.29, 0.717) is 17.3 Å². The molecular weight excluding hydrogens is 351 g/mol. The second kappa shape index (κ2) is 7.58. The molecule has 1 aromatic heterocycles. The van der Waals surface area contributed by atoms with Gasteiger partial charge in [0.05, 0.1) is 17.0 Å². The van der Waals surface area contributed by atoms with E-state index in [1.54, 1.807) is 18.5 Å². The molecule has 1 saturated carbocycles. The van der Waals surface area contributed by atoms with Crippen LogP contribution in [0.15, 0.2) is 36.7 Å². The van der Waals surface area contributed by atoms with Crippen molar-refractivity contribution in [1.82, 2.24) is 14.9 Å². The van der Waals surface area contributed by atoms with Gasteiger partial charge >= 0.3 is 6.18 Å². The van der Waals surface area contributed by atoms with Crippen molar-refractivity contribution in [3.63, 3.8) is 0 Å². The van der Waals surface area contributed by atoms with E-state index < -0.39 is 11.7 Å². The number of hydrogen-bond donors (Lipinski definition) is 0. The highest BCUT2D eigenvalue weighted by Crippen LogP contribution is 2.36. The fourth-order valence-electron chi connectivity index (χ4n) is 4.54. The third kappa shape index (κ3) is 4.00. The van der Waals surface area contributed by atoms with Crippen LogP contribution in [0.1, 0.15) is 55.7 Å². The molecule has 144 valence electrons. The normalized spacial score (nSPS) is 22.3. The molecule has 3 nitrogen and oxygen atoms in total. The Labute approximate surface area is 157 Å². The van der Waals surface area contributed by atoms with Gasteiger partial charge in [-0.15, -0.1) is 0 Å². The lowest BCUT2D eigenvalue weighted by atomic mass is 9.90. The smallest absolute Gasteiger partial charge is 0.300 e. The number of piperidine rings is 1. The van der Waals surface area contributed by atoms with Gasteiger partial charge in [-0.25, -0.2) is 0 Å². The lowest BCUT2D eigenvalue weighted by molar-refractivity contribution is -0.137. The summed E-state index contributed by atoms with van der Waals surface area (Å²) in [6, 6.07) is 6.08. The van der Waals surface area contributed by atoms with Crippen LogP contribution in [0.4, 0.5) is 13.2 Å². The van der Waals surface area contributed by atoms with Gasteiger partial charge in [0.1, 0.15) is 0 Å². The zero-order valence-corrected chi connectivity index (χ0v) is 15.3. The summed E-state index contributed by atoms with van der Waals surface area (Å²) in [6.45, 7) is 2.04. The average Bonchev–Trinajstić information content (AvgIpc) is 3.22. The van der Waals surface area contributed by atoms with Crippen molar-refractivity contribution in [2.45, 2.75) is 56.7 Å². The minimum absolute atomic E-state index is 0.220. The zero-order valence-electron chi connectivity index (χ0n) is 15.3. The number of likely N-dealkylation sites (tertiary alicyclic amines) is 1. The fourth-order valence-corrected chi connectivity index (χ4v) is 4.54. The third-order valence-electron chi connectivity index (χ3n) is 5.87. The molecule has 2 fully saturated rings. The van der Waals surface area contributed by atoms with Gasteiger partial charge in [0, 0.05) is 36.5 Å². The molecule has 2 aliphatic rings. The van der Waals surface area contributed by atoms with E-state index in [0.717, 1.165) is 37.7 Å². The first-order chi connectivity index (χ1) is 13.0. The van der Waals surface area contributed by atoms with Crippen LogP contribution in [0.5, 0.6) is 0 Å². The Bertz CT molecular complexity index is 784. The summed E-state index contributed by atoms with van der Waals surface area (Å²) in [7, 11) is 0. The molecule has 0 spiro atoms. The summed E-state index contributed by atoms with van der Waals surface area (Å²) >= 11 is 0. The number of halogens is 3. The molecule has 1 atom stereocenters. The molecule has 6 heteroatoms. The highest BCUT2D eigenvalue weighted by Gasteiger charge is 2.32. The lowest BCUT2D eigenvalue weighted by Gasteiger charge is -2.37. The SMILES string of the molecule is FC(F)(F)c1cccc(-c2nccnc2C2CCCN(C3CCCC3)C2)c1. The molecule has 1 aliphatic heterocycles. The average molecular weight is 375 g/mol. The summed E-state index contributed by atoms with van der Waals surface area (Å²) in [5.74, 6) is 0.220. The summed E-state index contributed by atoms with van der Waals surface area (Å²) < 4.78 is 39.4. The molecule has 1 aromatic carbocycles. The number of hydrogen-bond acceptors (Lipinski definition) is 3. The molecule has 1 unspecified atom stereocenters. The van der Waals surface area contributed by atoms with Crippen molar-refractivity contribution in [3.8, 4) is 11.3 Å². The quantitative estimate of drug-likeness (QED) is 0.730. The maximum atomic E-state index is 13.1. The summed E-state index contributed by atoms with van der Waals surface area (Å²) in [5, 5.41) is 0. The van der Waals surface area contributed by atoms with Crippen LogP contribution in [0.2, 0.25) is 0 Å². The number of nitrogens with zero attached hydrogens (tertiary/aromatic N) is 3. The summed E-state index contributed by atoms with van der Waals surface area (Å²) in [4.78, 5) is 11.5. The molecule has 4 rings (SSSR count). The van der Waals surface area contributed by atoms with Crippen molar-refractivity contribution in [3.05, 3.63) is 47.9 Å². The number of aromatic nitrogens is 2. The van der Waals surface area contributed by atoms with Crippen LogP contribution in [0, 0.1) is 0 Å². The van der Waals surface area contributed by atoms with Crippen LogP contribution >= 0.6 is 0 Å². The summed E-state index contributed by atoms with van der Waals surface area (Å²) in [5.41, 5.74) is 1.26. The van der Waals surface area contributed by atoms with E-state index in [1.807, 2.05) is 0 Å². The largest absolute Gasteiger partial charge is 0.416 e. The van der Waals surface area contributed by atoms with E-state index in [2.05, 4.69) is 14.9 Å². The van der Waals surface area contributed by atoms with Crippen molar-refractivity contribution in [2.24, 2.45) is 0 Å². The Morgan fingerprint density at radius 2 is 1.74 bits per heavy atom. The second-order valence-corrected chi connectivity index (χ2v) is 7.64. The van der Waals surface area contributed by atoms with Gasteiger partial charge in [-0.05, 0) is 44.4 Å². The molecule has 1 aliphatic carbocycles. The molecular formula is C21H24F3N3. The Balaban J connectivity index is 1.63. The van der Waals surface area contributed by atoms with E-state index in [1.165, 1.54) is 37.8 Å². The van der Waals surface area contributed by atoms with Crippen molar-refractivity contribution in [1.29, 1.82) is 0 Å². The fraction of sp³-hybridized carbons (Fsp3) is 0.524. The summed E-state index contributed by atoms with van der Waals surface area (Å²) in [6.07, 6.45) is 6.08. The zero-order chi connectivity index (χ0) is 18.9. The number of benzene rings is 1. The first-order valence-electron chi connectivity index (χ1n) is 9.75. The van der Waals surface area contributed by atoms with Crippen LogP contribution in [-0.2, 0) is 6.18 Å². The van der Waals surface area contributed by atoms with Crippen LogP contribution in [-0.4, -0.2) is 34.0 Å². The van der Waals surface area contributed by atoms with Gasteiger partial charge in [0.2, 0.25) is 0 Å². The van der Waals surface area contributed by atoms with E-state index in [-0.39, 0.29) is 5.92 Å². The number of rotatable bonds is 3.